The maximum Gasteiger partial charge on any atom is 0.265 e. The van der Waals surface area contributed by atoms with Gasteiger partial charge in [-0.05, 0) is 48.4 Å². The molecule has 0 aliphatic carbocycles. The summed E-state index contributed by atoms with van der Waals surface area (Å²) in [4.78, 5) is 29.5. The van der Waals surface area contributed by atoms with Gasteiger partial charge < -0.3 is 15.4 Å². The Kier molecular flexibility index (Phi) is 7.40. The molecule has 0 saturated heterocycles. The first kappa shape index (κ1) is 21.3. The molecule has 0 fully saturated rings. The molecule has 1 heterocycles. The van der Waals surface area contributed by atoms with Crippen LogP contribution in [0, 0.1) is 0 Å². The summed E-state index contributed by atoms with van der Waals surface area (Å²) in [6.07, 6.45) is 3.09. The summed E-state index contributed by atoms with van der Waals surface area (Å²) < 4.78 is 5.78. The number of para-hydroxylation sites is 1. The lowest BCUT2D eigenvalue weighted by Gasteiger charge is -2.18. The summed E-state index contributed by atoms with van der Waals surface area (Å²) in [5.41, 5.74) is 1.67. The molecule has 0 radical (unpaired) electrons. The Bertz CT molecular complexity index is 1010. The topological polar surface area (TPSA) is 80.3 Å². The number of pyridine rings is 1. The van der Waals surface area contributed by atoms with Crippen LogP contribution in [0.5, 0.6) is 5.75 Å². The molecule has 1 atom stereocenters. The third kappa shape index (κ3) is 5.81. The molecule has 30 heavy (non-hydrogen) atoms. The third-order valence-electron chi connectivity index (χ3n) is 4.34. The van der Waals surface area contributed by atoms with Crippen LogP contribution in [0.1, 0.15) is 29.3 Å². The van der Waals surface area contributed by atoms with Crippen LogP contribution in [0.25, 0.3) is 0 Å². The number of hydrogen-bond acceptors (Lipinski definition) is 4. The van der Waals surface area contributed by atoms with Crippen molar-refractivity contribution in [1.82, 2.24) is 10.3 Å². The van der Waals surface area contributed by atoms with Gasteiger partial charge in [0.05, 0.1) is 11.3 Å². The smallest absolute Gasteiger partial charge is 0.265 e. The number of anilines is 1. The van der Waals surface area contributed by atoms with E-state index < -0.39 is 6.10 Å². The molecule has 2 amide bonds. The Morgan fingerprint density at radius 1 is 1.10 bits per heavy atom. The van der Waals surface area contributed by atoms with E-state index >= 15 is 0 Å². The van der Waals surface area contributed by atoms with Crippen LogP contribution < -0.4 is 15.4 Å². The molecule has 2 N–H and O–H groups in total. The van der Waals surface area contributed by atoms with Crippen LogP contribution in [-0.2, 0) is 11.3 Å². The van der Waals surface area contributed by atoms with E-state index in [1.807, 2.05) is 13.0 Å². The predicted octanol–water partition coefficient (Wildman–Crippen LogP) is 4.46. The quantitative estimate of drug-likeness (QED) is 0.560. The van der Waals surface area contributed by atoms with E-state index in [1.54, 1.807) is 67.0 Å². The van der Waals surface area contributed by atoms with Crippen molar-refractivity contribution in [3.8, 4) is 5.75 Å². The highest BCUT2D eigenvalue weighted by Gasteiger charge is 2.21. The van der Waals surface area contributed by atoms with Crippen LogP contribution in [-0.4, -0.2) is 22.9 Å². The van der Waals surface area contributed by atoms with Gasteiger partial charge in [0.2, 0.25) is 0 Å². The van der Waals surface area contributed by atoms with Crippen molar-refractivity contribution in [2.45, 2.75) is 26.0 Å². The van der Waals surface area contributed by atoms with Crippen molar-refractivity contribution in [3.05, 3.63) is 89.2 Å². The summed E-state index contributed by atoms with van der Waals surface area (Å²) in [7, 11) is 0. The van der Waals surface area contributed by atoms with E-state index in [9.17, 15) is 9.59 Å². The van der Waals surface area contributed by atoms with Gasteiger partial charge in [-0.25, -0.2) is 0 Å². The number of rotatable bonds is 8. The number of nitrogens with one attached hydrogen (secondary N) is 2. The zero-order chi connectivity index (χ0) is 21.3. The largest absolute Gasteiger partial charge is 0.481 e. The lowest BCUT2D eigenvalue weighted by molar-refractivity contribution is -0.122. The number of nitrogens with zero attached hydrogens (tertiary/aromatic N) is 1. The molecule has 2 aromatic carbocycles. The predicted molar refractivity (Wildman–Crippen MR) is 117 cm³/mol. The van der Waals surface area contributed by atoms with Crippen LogP contribution in [0.3, 0.4) is 0 Å². The second-order valence-electron chi connectivity index (χ2n) is 6.55. The van der Waals surface area contributed by atoms with E-state index in [1.165, 1.54) is 0 Å². The number of ether oxygens (including phenoxy) is 1. The van der Waals surface area contributed by atoms with Crippen LogP contribution in [0.2, 0.25) is 5.02 Å². The molecule has 0 saturated carbocycles. The maximum atomic E-state index is 12.8. The molecule has 3 rings (SSSR count). The Morgan fingerprint density at radius 2 is 1.93 bits per heavy atom. The second kappa shape index (κ2) is 10.4. The molecular formula is C23H22ClN3O3. The SMILES string of the molecule is CC[C@H](Oc1cccc(Cl)c1)C(=O)Nc1ccccc1C(=O)NCc1cccnc1. The fourth-order valence-corrected chi connectivity index (χ4v) is 2.99. The fourth-order valence-electron chi connectivity index (χ4n) is 2.81. The second-order valence-corrected chi connectivity index (χ2v) is 6.99. The number of halogens is 1. The fraction of sp³-hybridized carbons (Fsp3) is 0.174. The van der Waals surface area contributed by atoms with E-state index in [0.29, 0.717) is 35.0 Å². The van der Waals surface area contributed by atoms with Gasteiger partial charge in [-0.2, -0.15) is 0 Å². The molecule has 0 bridgehead atoms. The van der Waals surface area contributed by atoms with Gasteiger partial charge in [0, 0.05) is 24.0 Å². The third-order valence-corrected chi connectivity index (χ3v) is 4.58. The highest BCUT2D eigenvalue weighted by atomic mass is 35.5. The zero-order valence-electron chi connectivity index (χ0n) is 16.5. The van der Waals surface area contributed by atoms with Crippen LogP contribution in [0.4, 0.5) is 5.69 Å². The molecular weight excluding hydrogens is 402 g/mol. The molecule has 7 heteroatoms. The Balaban J connectivity index is 1.68. The number of aromatic nitrogens is 1. The lowest BCUT2D eigenvalue weighted by atomic mass is 10.1. The van der Waals surface area contributed by atoms with Gasteiger partial charge in [-0.1, -0.05) is 42.8 Å². The van der Waals surface area contributed by atoms with Crippen molar-refractivity contribution in [1.29, 1.82) is 0 Å². The highest BCUT2D eigenvalue weighted by Crippen LogP contribution is 2.21. The first-order chi connectivity index (χ1) is 14.6. The summed E-state index contributed by atoms with van der Waals surface area (Å²) in [5, 5.41) is 6.17. The van der Waals surface area contributed by atoms with Gasteiger partial charge in [-0.15, -0.1) is 0 Å². The van der Waals surface area contributed by atoms with Crippen molar-refractivity contribution in [2.24, 2.45) is 0 Å². The van der Waals surface area contributed by atoms with Gasteiger partial charge in [0.25, 0.3) is 11.8 Å². The molecule has 0 unspecified atom stereocenters. The first-order valence-corrected chi connectivity index (χ1v) is 9.94. The van der Waals surface area contributed by atoms with Gasteiger partial charge in [-0.3, -0.25) is 14.6 Å². The van der Waals surface area contributed by atoms with E-state index in [2.05, 4.69) is 15.6 Å². The number of benzene rings is 2. The Hall–Kier alpha value is -3.38. The van der Waals surface area contributed by atoms with Crippen molar-refractivity contribution < 1.29 is 14.3 Å². The summed E-state index contributed by atoms with van der Waals surface area (Å²) in [5.74, 6) is -0.129. The summed E-state index contributed by atoms with van der Waals surface area (Å²) >= 11 is 5.98. The lowest BCUT2D eigenvalue weighted by Crippen LogP contribution is -2.33. The van der Waals surface area contributed by atoms with Crippen molar-refractivity contribution in [2.75, 3.05) is 5.32 Å². The normalized spacial score (nSPS) is 11.4. The minimum absolute atomic E-state index is 0.293. The summed E-state index contributed by atoms with van der Waals surface area (Å²) in [6, 6.07) is 17.4. The number of carbonyl (C=O) groups is 2. The van der Waals surface area contributed by atoms with E-state index in [-0.39, 0.29) is 11.8 Å². The van der Waals surface area contributed by atoms with E-state index in [4.69, 9.17) is 16.3 Å². The van der Waals surface area contributed by atoms with Crippen LogP contribution >= 0.6 is 11.6 Å². The minimum Gasteiger partial charge on any atom is -0.481 e. The average molecular weight is 424 g/mol. The maximum absolute atomic E-state index is 12.8. The number of amides is 2. The van der Waals surface area contributed by atoms with Gasteiger partial charge >= 0.3 is 0 Å². The molecule has 0 aliphatic rings. The number of hydrogen-bond donors (Lipinski definition) is 2. The standard InChI is InChI=1S/C23H22ClN3O3/c1-2-21(30-18-9-5-8-17(24)13-18)23(29)27-20-11-4-3-10-19(20)22(28)26-15-16-7-6-12-25-14-16/h3-14,21H,2,15H2,1H3,(H,26,28)(H,27,29)/t21-/m0/s1. The molecule has 3 aromatic rings. The highest BCUT2D eigenvalue weighted by molar-refractivity contribution is 6.30. The molecule has 0 spiro atoms. The Morgan fingerprint density at radius 3 is 2.67 bits per heavy atom. The first-order valence-electron chi connectivity index (χ1n) is 9.56. The molecule has 1 aromatic heterocycles. The molecule has 154 valence electrons. The molecule has 6 nitrogen and oxygen atoms in total. The summed E-state index contributed by atoms with van der Waals surface area (Å²) in [6.45, 7) is 2.19. The van der Waals surface area contributed by atoms with Crippen molar-refractivity contribution in [3.63, 3.8) is 0 Å². The molecule has 0 aliphatic heterocycles. The zero-order valence-corrected chi connectivity index (χ0v) is 17.2. The van der Waals surface area contributed by atoms with Gasteiger partial charge in [0.15, 0.2) is 6.10 Å². The monoisotopic (exact) mass is 423 g/mol. The van der Waals surface area contributed by atoms with Crippen molar-refractivity contribution >= 4 is 29.1 Å². The minimum atomic E-state index is -0.727. The van der Waals surface area contributed by atoms with E-state index in [0.717, 1.165) is 5.56 Å². The van der Waals surface area contributed by atoms with Crippen LogP contribution in [0.15, 0.2) is 73.1 Å². The van der Waals surface area contributed by atoms with Gasteiger partial charge in [0.1, 0.15) is 5.75 Å². The average Bonchev–Trinajstić information content (AvgIpc) is 2.77. The number of carbonyl (C=O) groups excluding carboxylic acids is 2. The Labute approximate surface area is 180 Å².